The molecule has 0 bridgehead atoms. The van der Waals surface area contributed by atoms with Gasteiger partial charge in [0, 0.05) is 26.8 Å². The summed E-state index contributed by atoms with van der Waals surface area (Å²) in [4.78, 5) is 0.286. The van der Waals surface area contributed by atoms with Crippen molar-refractivity contribution in [2.45, 2.75) is 4.90 Å². The number of hydrogen-bond acceptors (Lipinski definition) is 5. The second-order valence-electron chi connectivity index (χ2n) is 2.93. The van der Waals surface area contributed by atoms with Gasteiger partial charge in [0.2, 0.25) is 0 Å². The first-order valence-electron chi connectivity index (χ1n) is 4.49. The van der Waals surface area contributed by atoms with E-state index in [9.17, 15) is 8.42 Å². The van der Waals surface area contributed by atoms with E-state index in [1.165, 1.54) is 0 Å². The van der Waals surface area contributed by atoms with Crippen molar-refractivity contribution in [2.24, 2.45) is 0 Å². The van der Waals surface area contributed by atoms with Crippen molar-refractivity contribution in [1.29, 1.82) is 0 Å². The SMILES string of the molecule is CNc1cc(NC)c([SH](=O)=O)c(NC)c1. The monoisotopic (exact) mass is 229 g/mol. The van der Waals surface area contributed by atoms with Crippen molar-refractivity contribution < 1.29 is 8.42 Å². The maximum Gasteiger partial charge on any atom is 0.172 e. The van der Waals surface area contributed by atoms with Gasteiger partial charge in [0.25, 0.3) is 0 Å². The molecule has 15 heavy (non-hydrogen) atoms. The second-order valence-corrected chi connectivity index (χ2v) is 3.89. The Morgan fingerprint density at radius 1 is 0.933 bits per heavy atom. The van der Waals surface area contributed by atoms with Gasteiger partial charge in [-0.3, -0.25) is 0 Å². The van der Waals surface area contributed by atoms with Gasteiger partial charge in [0.15, 0.2) is 10.7 Å². The lowest BCUT2D eigenvalue weighted by atomic mass is 10.2. The Morgan fingerprint density at radius 3 is 1.67 bits per heavy atom. The Balaban J connectivity index is 3.46. The van der Waals surface area contributed by atoms with E-state index in [1.807, 2.05) is 0 Å². The summed E-state index contributed by atoms with van der Waals surface area (Å²) in [6, 6.07) is 3.50. The Hall–Kier alpha value is -1.43. The molecule has 0 unspecified atom stereocenters. The first-order chi connectivity index (χ1) is 7.13. The molecule has 0 saturated heterocycles. The van der Waals surface area contributed by atoms with Crippen LogP contribution in [0.2, 0.25) is 0 Å². The smallest absolute Gasteiger partial charge is 0.172 e. The molecule has 6 heteroatoms. The highest BCUT2D eigenvalue weighted by molar-refractivity contribution is 7.72. The van der Waals surface area contributed by atoms with E-state index in [2.05, 4.69) is 16.0 Å². The zero-order valence-corrected chi connectivity index (χ0v) is 9.81. The summed E-state index contributed by atoms with van der Waals surface area (Å²) >= 11 is 0. The van der Waals surface area contributed by atoms with Gasteiger partial charge in [0.05, 0.1) is 11.4 Å². The zero-order chi connectivity index (χ0) is 11.4. The minimum Gasteiger partial charge on any atom is -0.388 e. The minimum atomic E-state index is -2.62. The highest BCUT2D eigenvalue weighted by Gasteiger charge is 2.11. The summed E-state index contributed by atoms with van der Waals surface area (Å²) in [6.45, 7) is 0. The molecule has 84 valence electrons. The third-order valence-corrected chi connectivity index (χ3v) is 2.97. The van der Waals surface area contributed by atoms with E-state index in [0.717, 1.165) is 5.69 Å². The Labute approximate surface area is 90.8 Å². The molecule has 0 spiro atoms. The average molecular weight is 229 g/mol. The number of hydrogen-bond donors (Lipinski definition) is 4. The summed E-state index contributed by atoms with van der Waals surface area (Å²) in [5.41, 5.74) is 2.02. The fourth-order valence-electron chi connectivity index (χ4n) is 1.36. The molecule has 0 saturated carbocycles. The van der Waals surface area contributed by atoms with Gasteiger partial charge in [-0.05, 0) is 12.1 Å². The van der Waals surface area contributed by atoms with Crippen LogP contribution in [0.25, 0.3) is 0 Å². The normalized spacial score (nSPS) is 10.1. The van der Waals surface area contributed by atoms with Gasteiger partial charge in [-0.25, -0.2) is 8.42 Å². The molecule has 1 rings (SSSR count). The lowest BCUT2D eigenvalue weighted by Gasteiger charge is -2.12. The van der Waals surface area contributed by atoms with Crippen LogP contribution in [0.4, 0.5) is 17.1 Å². The van der Waals surface area contributed by atoms with E-state index < -0.39 is 10.7 Å². The fraction of sp³-hybridized carbons (Fsp3) is 0.333. The molecular weight excluding hydrogens is 214 g/mol. The van der Waals surface area contributed by atoms with Crippen molar-refractivity contribution in [3.63, 3.8) is 0 Å². The van der Waals surface area contributed by atoms with E-state index in [4.69, 9.17) is 0 Å². The largest absolute Gasteiger partial charge is 0.388 e. The van der Waals surface area contributed by atoms with Crippen LogP contribution in [0, 0.1) is 0 Å². The number of benzene rings is 1. The molecule has 3 N–H and O–H groups in total. The summed E-state index contributed by atoms with van der Waals surface area (Å²) in [7, 11) is 2.55. The number of rotatable bonds is 4. The van der Waals surface area contributed by atoms with Crippen molar-refractivity contribution in [3.8, 4) is 0 Å². The number of anilines is 3. The van der Waals surface area contributed by atoms with Crippen molar-refractivity contribution >= 4 is 27.8 Å². The Morgan fingerprint density at radius 2 is 1.40 bits per heavy atom. The maximum atomic E-state index is 11.1. The molecular formula is C9H15N3O2S. The zero-order valence-electron chi connectivity index (χ0n) is 8.92. The van der Waals surface area contributed by atoms with E-state index in [1.54, 1.807) is 33.3 Å². The highest BCUT2D eigenvalue weighted by atomic mass is 32.2. The predicted octanol–water partition coefficient (Wildman–Crippen LogP) is 0.782. The van der Waals surface area contributed by atoms with Gasteiger partial charge < -0.3 is 16.0 Å². The Kier molecular flexibility index (Phi) is 3.79. The van der Waals surface area contributed by atoms with Gasteiger partial charge in [-0.1, -0.05) is 0 Å². The molecule has 1 aromatic rings. The average Bonchev–Trinajstić information content (AvgIpc) is 2.26. The molecule has 0 atom stereocenters. The van der Waals surface area contributed by atoms with Crippen LogP contribution < -0.4 is 16.0 Å². The van der Waals surface area contributed by atoms with Crippen molar-refractivity contribution in [2.75, 3.05) is 37.1 Å². The standard InChI is InChI=1S/C9H15N3O2S/c1-10-6-4-7(11-2)9(15(13)14)8(5-6)12-3/h4-5,10-12,15H,1-3H3. The van der Waals surface area contributed by atoms with E-state index in [0.29, 0.717) is 11.4 Å². The Bertz CT molecular complexity index is 396. The van der Waals surface area contributed by atoms with Crippen molar-refractivity contribution in [1.82, 2.24) is 0 Å². The first kappa shape index (κ1) is 11.6. The van der Waals surface area contributed by atoms with Crippen LogP contribution >= 0.6 is 0 Å². The molecule has 0 heterocycles. The van der Waals surface area contributed by atoms with Crippen LogP contribution in [0.3, 0.4) is 0 Å². The fourth-order valence-corrected chi connectivity index (χ4v) is 2.10. The lowest BCUT2D eigenvalue weighted by molar-refractivity contribution is 0.615. The van der Waals surface area contributed by atoms with Gasteiger partial charge in [-0.15, -0.1) is 0 Å². The molecule has 0 aromatic heterocycles. The molecule has 0 aliphatic rings. The molecule has 0 aliphatic heterocycles. The second kappa shape index (κ2) is 4.88. The van der Waals surface area contributed by atoms with Crippen LogP contribution in [-0.4, -0.2) is 29.6 Å². The summed E-state index contributed by atoms with van der Waals surface area (Å²) < 4.78 is 22.2. The molecule has 0 fully saturated rings. The molecule has 0 radical (unpaired) electrons. The van der Waals surface area contributed by atoms with Crippen LogP contribution in [0.1, 0.15) is 0 Å². The quantitative estimate of drug-likeness (QED) is 0.574. The van der Waals surface area contributed by atoms with Gasteiger partial charge in [0.1, 0.15) is 4.90 Å². The topological polar surface area (TPSA) is 70.2 Å². The third kappa shape index (κ3) is 2.33. The summed E-state index contributed by atoms with van der Waals surface area (Å²) in [6.07, 6.45) is 0. The van der Waals surface area contributed by atoms with Crippen LogP contribution in [-0.2, 0) is 10.7 Å². The molecule has 0 amide bonds. The number of thiol groups is 1. The number of nitrogens with one attached hydrogen (secondary N) is 3. The first-order valence-corrected chi connectivity index (χ1v) is 5.67. The predicted molar refractivity (Wildman–Crippen MR) is 63.7 cm³/mol. The third-order valence-electron chi connectivity index (χ3n) is 2.12. The maximum absolute atomic E-state index is 11.1. The molecule has 1 aromatic carbocycles. The van der Waals surface area contributed by atoms with Crippen molar-refractivity contribution in [3.05, 3.63) is 12.1 Å². The van der Waals surface area contributed by atoms with E-state index >= 15 is 0 Å². The van der Waals surface area contributed by atoms with Gasteiger partial charge in [-0.2, -0.15) is 0 Å². The van der Waals surface area contributed by atoms with Crippen LogP contribution in [0.15, 0.2) is 17.0 Å². The molecule has 5 nitrogen and oxygen atoms in total. The minimum absolute atomic E-state index is 0.286. The summed E-state index contributed by atoms with van der Waals surface area (Å²) in [5, 5.41) is 8.69. The lowest BCUT2D eigenvalue weighted by Crippen LogP contribution is -2.02. The van der Waals surface area contributed by atoms with Gasteiger partial charge >= 0.3 is 0 Å². The van der Waals surface area contributed by atoms with E-state index in [-0.39, 0.29) is 4.90 Å². The summed E-state index contributed by atoms with van der Waals surface area (Å²) in [5.74, 6) is 0. The van der Waals surface area contributed by atoms with Crippen LogP contribution in [0.5, 0.6) is 0 Å². The highest BCUT2D eigenvalue weighted by Crippen LogP contribution is 2.29. The molecule has 0 aliphatic carbocycles.